The maximum Gasteiger partial charge on any atom is 0.264 e. The fraction of sp³-hybridized carbons (Fsp3) is 0.174. The number of benzene rings is 3. The molecule has 1 atom stereocenters. The molecule has 0 aromatic heterocycles. The lowest BCUT2D eigenvalue weighted by molar-refractivity contribution is -0.120. The first-order valence-electron chi connectivity index (χ1n) is 9.46. The summed E-state index contributed by atoms with van der Waals surface area (Å²) in [5.74, 6) is -0.829. The monoisotopic (exact) mass is 426 g/mol. The highest BCUT2D eigenvalue weighted by atomic mass is 32.2. The van der Waals surface area contributed by atoms with E-state index in [0.717, 1.165) is 15.4 Å². The molecular formula is C23H23FN2O3S. The van der Waals surface area contributed by atoms with Crippen LogP contribution in [0.25, 0.3) is 0 Å². The van der Waals surface area contributed by atoms with Crippen molar-refractivity contribution >= 4 is 21.6 Å². The maximum atomic E-state index is 13.3. The van der Waals surface area contributed by atoms with Crippen molar-refractivity contribution in [3.8, 4) is 0 Å². The molecule has 3 rings (SSSR count). The van der Waals surface area contributed by atoms with Crippen LogP contribution in [0.2, 0.25) is 0 Å². The zero-order valence-corrected chi connectivity index (χ0v) is 17.6. The molecule has 0 spiro atoms. The summed E-state index contributed by atoms with van der Waals surface area (Å²) in [4.78, 5) is 12.9. The van der Waals surface area contributed by atoms with Crippen molar-refractivity contribution in [2.75, 3.05) is 10.8 Å². The van der Waals surface area contributed by atoms with Crippen LogP contribution in [-0.4, -0.2) is 20.9 Å². The summed E-state index contributed by atoms with van der Waals surface area (Å²) in [5, 5.41) is 2.79. The highest BCUT2D eigenvalue weighted by Gasteiger charge is 2.27. The molecule has 0 aliphatic carbocycles. The van der Waals surface area contributed by atoms with Gasteiger partial charge in [-0.05, 0) is 61.4 Å². The highest BCUT2D eigenvalue weighted by Crippen LogP contribution is 2.24. The third kappa shape index (κ3) is 5.04. The third-order valence-electron chi connectivity index (χ3n) is 4.66. The number of nitrogens with one attached hydrogen (secondary N) is 1. The van der Waals surface area contributed by atoms with Gasteiger partial charge in [-0.15, -0.1) is 0 Å². The largest absolute Gasteiger partial charge is 0.348 e. The van der Waals surface area contributed by atoms with Gasteiger partial charge in [-0.25, -0.2) is 12.8 Å². The van der Waals surface area contributed by atoms with Gasteiger partial charge in [0.05, 0.1) is 16.6 Å². The fourth-order valence-electron chi connectivity index (χ4n) is 3.07. The van der Waals surface area contributed by atoms with Gasteiger partial charge >= 0.3 is 0 Å². The van der Waals surface area contributed by atoms with Gasteiger partial charge in [0.25, 0.3) is 10.0 Å². The Morgan fingerprint density at radius 2 is 1.67 bits per heavy atom. The van der Waals surface area contributed by atoms with Gasteiger partial charge in [0.1, 0.15) is 12.4 Å². The van der Waals surface area contributed by atoms with Gasteiger partial charge in [-0.2, -0.15) is 0 Å². The zero-order valence-electron chi connectivity index (χ0n) is 16.7. The molecule has 1 N–H and O–H groups in total. The molecule has 5 nitrogen and oxygen atoms in total. The molecule has 7 heteroatoms. The number of sulfonamides is 1. The first-order valence-corrected chi connectivity index (χ1v) is 10.9. The molecular weight excluding hydrogens is 403 g/mol. The van der Waals surface area contributed by atoms with E-state index in [2.05, 4.69) is 5.32 Å². The van der Waals surface area contributed by atoms with E-state index in [4.69, 9.17) is 0 Å². The van der Waals surface area contributed by atoms with E-state index in [9.17, 15) is 17.6 Å². The minimum Gasteiger partial charge on any atom is -0.348 e. The Balaban J connectivity index is 1.87. The second kappa shape index (κ2) is 9.09. The number of nitrogens with zero attached hydrogens (tertiary/aromatic N) is 1. The number of halogens is 1. The summed E-state index contributed by atoms with van der Waals surface area (Å²) in [6, 6.07) is 20.4. The van der Waals surface area contributed by atoms with Crippen molar-refractivity contribution in [3.63, 3.8) is 0 Å². The molecule has 3 aromatic rings. The Morgan fingerprint density at radius 1 is 1.00 bits per heavy atom. The van der Waals surface area contributed by atoms with Crippen molar-refractivity contribution in [1.82, 2.24) is 5.32 Å². The number of hydrogen-bond donors (Lipinski definition) is 1. The topological polar surface area (TPSA) is 66.5 Å². The number of carbonyl (C=O) groups is 1. The Labute approximate surface area is 176 Å². The standard InChI is InChI=1S/C23H23FN2O3S/c1-17-7-6-8-21(15-17)26(30(28,29)22-9-4-3-5-10-22)16-23(27)25-18(2)19-11-13-20(24)14-12-19/h3-15,18H,16H2,1-2H3,(H,25,27)/t18-/m1/s1. The van der Waals surface area contributed by atoms with Gasteiger partial charge in [0, 0.05) is 0 Å². The predicted octanol–water partition coefficient (Wildman–Crippen LogP) is 4.21. The molecule has 0 radical (unpaired) electrons. The summed E-state index contributed by atoms with van der Waals surface area (Å²) >= 11 is 0. The quantitative estimate of drug-likeness (QED) is 0.616. The van der Waals surface area contributed by atoms with Crippen molar-refractivity contribution in [1.29, 1.82) is 0 Å². The van der Waals surface area contributed by atoms with Crippen LogP contribution in [0.3, 0.4) is 0 Å². The van der Waals surface area contributed by atoms with E-state index in [-0.39, 0.29) is 17.3 Å². The average Bonchev–Trinajstić information content (AvgIpc) is 2.73. The lowest BCUT2D eigenvalue weighted by Gasteiger charge is -2.25. The Hall–Kier alpha value is -3.19. The number of hydrogen-bond acceptors (Lipinski definition) is 3. The minimum atomic E-state index is -3.95. The summed E-state index contributed by atoms with van der Waals surface area (Å²) < 4.78 is 40.8. The summed E-state index contributed by atoms with van der Waals surface area (Å²) in [7, 11) is -3.95. The van der Waals surface area contributed by atoms with E-state index in [1.165, 1.54) is 24.3 Å². The van der Waals surface area contributed by atoms with Gasteiger partial charge in [0.15, 0.2) is 0 Å². The Morgan fingerprint density at radius 3 is 2.30 bits per heavy atom. The predicted molar refractivity (Wildman–Crippen MR) is 115 cm³/mol. The molecule has 0 unspecified atom stereocenters. The molecule has 0 aliphatic rings. The second-order valence-electron chi connectivity index (χ2n) is 7.00. The van der Waals surface area contributed by atoms with Gasteiger partial charge in [0.2, 0.25) is 5.91 Å². The normalized spacial score (nSPS) is 12.2. The van der Waals surface area contributed by atoms with Crippen LogP contribution in [0, 0.1) is 12.7 Å². The van der Waals surface area contributed by atoms with Crippen LogP contribution in [0.15, 0.2) is 83.8 Å². The summed E-state index contributed by atoms with van der Waals surface area (Å²) in [6.45, 7) is 3.23. The van der Waals surface area contributed by atoms with Gasteiger partial charge in [-0.1, -0.05) is 42.5 Å². The average molecular weight is 427 g/mol. The second-order valence-corrected chi connectivity index (χ2v) is 8.87. The van der Waals surface area contributed by atoms with Gasteiger partial charge < -0.3 is 5.32 Å². The van der Waals surface area contributed by atoms with E-state index in [0.29, 0.717) is 5.69 Å². The molecule has 1 amide bonds. The number of amides is 1. The molecule has 0 aliphatic heterocycles. The molecule has 0 saturated heterocycles. The smallest absolute Gasteiger partial charge is 0.264 e. The number of carbonyl (C=O) groups excluding carboxylic acids is 1. The van der Waals surface area contributed by atoms with E-state index < -0.39 is 22.0 Å². The molecule has 30 heavy (non-hydrogen) atoms. The molecule has 0 saturated carbocycles. The third-order valence-corrected chi connectivity index (χ3v) is 6.44. The Kier molecular flexibility index (Phi) is 6.52. The van der Waals surface area contributed by atoms with E-state index >= 15 is 0 Å². The van der Waals surface area contributed by atoms with Crippen molar-refractivity contribution in [2.45, 2.75) is 24.8 Å². The van der Waals surface area contributed by atoms with Crippen LogP contribution in [0.4, 0.5) is 10.1 Å². The van der Waals surface area contributed by atoms with Crippen molar-refractivity contribution < 1.29 is 17.6 Å². The number of rotatable bonds is 7. The zero-order chi connectivity index (χ0) is 21.7. The molecule has 3 aromatic carbocycles. The van der Waals surface area contributed by atoms with Crippen molar-refractivity contribution in [3.05, 3.63) is 95.8 Å². The maximum absolute atomic E-state index is 13.3. The molecule has 0 heterocycles. The first kappa shape index (κ1) is 21.5. The van der Waals surface area contributed by atoms with Crippen LogP contribution in [0.5, 0.6) is 0 Å². The number of anilines is 1. The Bertz CT molecular complexity index is 1120. The van der Waals surface area contributed by atoms with E-state index in [1.54, 1.807) is 55.5 Å². The van der Waals surface area contributed by atoms with Crippen LogP contribution < -0.4 is 9.62 Å². The molecule has 0 bridgehead atoms. The van der Waals surface area contributed by atoms with Crippen LogP contribution >= 0.6 is 0 Å². The summed E-state index contributed by atoms with van der Waals surface area (Å²) in [5.41, 5.74) is 2.00. The van der Waals surface area contributed by atoms with Crippen LogP contribution in [-0.2, 0) is 14.8 Å². The minimum absolute atomic E-state index is 0.103. The molecule has 0 fully saturated rings. The lowest BCUT2D eigenvalue weighted by atomic mass is 10.1. The fourth-order valence-corrected chi connectivity index (χ4v) is 4.50. The molecule has 156 valence electrons. The summed E-state index contributed by atoms with van der Waals surface area (Å²) in [6.07, 6.45) is 0. The van der Waals surface area contributed by atoms with Crippen molar-refractivity contribution in [2.24, 2.45) is 0 Å². The first-order chi connectivity index (χ1) is 14.3. The van der Waals surface area contributed by atoms with E-state index in [1.807, 2.05) is 13.0 Å². The van der Waals surface area contributed by atoms with Gasteiger partial charge in [-0.3, -0.25) is 9.10 Å². The number of aryl methyl sites for hydroxylation is 1. The lowest BCUT2D eigenvalue weighted by Crippen LogP contribution is -2.41. The SMILES string of the molecule is Cc1cccc(N(CC(=O)N[C@H](C)c2ccc(F)cc2)S(=O)(=O)c2ccccc2)c1. The highest BCUT2D eigenvalue weighted by molar-refractivity contribution is 7.92. The van der Waals surface area contributed by atoms with Crippen LogP contribution in [0.1, 0.15) is 24.1 Å².